The Balaban J connectivity index is 2.31. The topological polar surface area (TPSA) is 104 Å². The molecule has 0 saturated heterocycles. The molecule has 20 heavy (non-hydrogen) atoms. The summed E-state index contributed by atoms with van der Waals surface area (Å²) < 4.78 is 0. The third-order valence-corrected chi connectivity index (χ3v) is 2.92. The molecule has 3 N–H and O–H groups in total. The first-order valence-corrected chi connectivity index (χ1v) is 6.54. The van der Waals surface area contributed by atoms with Crippen LogP contribution in [0.2, 0.25) is 0 Å². The van der Waals surface area contributed by atoms with Gasteiger partial charge in [0.1, 0.15) is 5.82 Å². The van der Waals surface area contributed by atoms with E-state index in [0.29, 0.717) is 24.7 Å². The van der Waals surface area contributed by atoms with Crippen LogP contribution in [0.4, 0.5) is 5.82 Å². The lowest BCUT2D eigenvalue weighted by atomic mass is 10.0. The minimum Gasteiger partial charge on any atom is -0.481 e. The highest BCUT2D eigenvalue weighted by atomic mass is 16.4. The van der Waals surface area contributed by atoms with Crippen LogP contribution in [0.3, 0.4) is 0 Å². The lowest BCUT2D eigenvalue weighted by molar-refractivity contribution is -0.137. The lowest BCUT2D eigenvalue weighted by Crippen LogP contribution is -2.20. The number of aromatic nitrogens is 2. The second-order valence-corrected chi connectivity index (χ2v) is 4.64. The molecule has 1 aromatic rings. The Hall–Kier alpha value is -2.18. The number of carboxylic acid groups (broad SMARTS) is 1. The van der Waals surface area contributed by atoms with Crippen LogP contribution < -0.4 is 10.6 Å². The molecular formula is C13H20N4O3. The summed E-state index contributed by atoms with van der Waals surface area (Å²) in [5.74, 6) is -0.105. The Morgan fingerprint density at radius 3 is 2.60 bits per heavy atom. The van der Waals surface area contributed by atoms with Gasteiger partial charge in [-0.05, 0) is 30.9 Å². The van der Waals surface area contributed by atoms with Crippen molar-refractivity contribution in [3.05, 3.63) is 17.8 Å². The van der Waals surface area contributed by atoms with Crippen LogP contribution in [0.1, 0.15) is 36.7 Å². The third kappa shape index (κ3) is 5.64. The normalized spacial score (nSPS) is 11.7. The standard InChI is InChI=1S/C13H20N4O3/c1-9(3-6-12(18)19)7-8-15-11-5-4-10(16-17-11)13(20)14-2/h4-5,9H,3,6-8H2,1-2H3,(H,14,20)(H,15,17)(H,18,19). The fourth-order valence-corrected chi connectivity index (χ4v) is 1.64. The van der Waals surface area contributed by atoms with E-state index in [9.17, 15) is 9.59 Å². The molecule has 1 unspecified atom stereocenters. The zero-order valence-electron chi connectivity index (χ0n) is 11.7. The van der Waals surface area contributed by atoms with Gasteiger partial charge in [-0.1, -0.05) is 6.92 Å². The molecule has 0 aromatic carbocycles. The van der Waals surface area contributed by atoms with Gasteiger partial charge in [-0.25, -0.2) is 0 Å². The first-order chi connectivity index (χ1) is 9.52. The molecule has 0 saturated carbocycles. The van der Waals surface area contributed by atoms with Crippen LogP contribution in [0.5, 0.6) is 0 Å². The molecule has 0 aliphatic heterocycles. The fourth-order valence-electron chi connectivity index (χ4n) is 1.64. The average molecular weight is 280 g/mol. The van der Waals surface area contributed by atoms with Crippen molar-refractivity contribution in [1.82, 2.24) is 15.5 Å². The molecule has 0 aliphatic rings. The SMILES string of the molecule is CNC(=O)c1ccc(NCCC(C)CCC(=O)O)nn1. The molecule has 1 rings (SSSR count). The Morgan fingerprint density at radius 2 is 2.05 bits per heavy atom. The molecule has 1 amide bonds. The molecule has 1 heterocycles. The van der Waals surface area contributed by atoms with Gasteiger partial charge in [0.15, 0.2) is 5.69 Å². The Bertz CT molecular complexity index is 447. The lowest BCUT2D eigenvalue weighted by Gasteiger charge is -2.10. The van der Waals surface area contributed by atoms with Gasteiger partial charge in [-0.3, -0.25) is 9.59 Å². The largest absolute Gasteiger partial charge is 0.481 e. The Morgan fingerprint density at radius 1 is 1.30 bits per heavy atom. The first kappa shape index (κ1) is 15.9. The minimum absolute atomic E-state index is 0.196. The molecule has 0 radical (unpaired) electrons. The molecule has 7 nitrogen and oxygen atoms in total. The smallest absolute Gasteiger partial charge is 0.303 e. The average Bonchev–Trinajstić information content (AvgIpc) is 2.45. The first-order valence-electron chi connectivity index (χ1n) is 6.54. The summed E-state index contributed by atoms with van der Waals surface area (Å²) in [7, 11) is 1.54. The predicted molar refractivity (Wildman–Crippen MR) is 74.6 cm³/mol. The maximum atomic E-state index is 11.3. The third-order valence-electron chi connectivity index (χ3n) is 2.92. The van der Waals surface area contributed by atoms with Crippen molar-refractivity contribution in [3.63, 3.8) is 0 Å². The number of carboxylic acids is 1. The van der Waals surface area contributed by atoms with E-state index >= 15 is 0 Å². The number of anilines is 1. The number of hydrogen-bond acceptors (Lipinski definition) is 5. The van der Waals surface area contributed by atoms with Crippen molar-refractivity contribution in [2.45, 2.75) is 26.2 Å². The minimum atomic E-state index is -0.763. The summed E-state index contributed by atoms with van der Waals surface area (Å²) in [6, 6.07) is 3.29. The van der Waals surface area contributed by atoms with E-state index in [1.54, 1.807) is 12.1 Å². The van der Waals surface area contributed by atoms with Crippen LogP contribution in [-0.2, 0) is 4.79 Å². The summed E-state index contributed by atoms with van der Waals surface area (Å²) >= 11 is 0. The fraction of sp³-hybridized carbons (Fsp3) is 0.538. The number of nitrogens with zero attached hydrogens (tertiary/aromatic N) is 2. The number of hydrogen-bond donors (Lipinski definition) is 3. The molecule has 0 bridgehead atoms. The maximum absolute atomic E-state index is 11.3. The van der Waals surface area contributed by atoms with E-state index < -0.39 is 5.97 Å². The van der Waals surface area contributed by atoms with Gasteiger partial charge in [-0.15, -0.1) is 10.2 Å². The zero-order chi connectivity index (χ0) is 15.0. The highest BCUT2D eigenvalue weighted by molar-refractivity contribution is 5.91. The van der Waals surface area contributed by atoms with Gasteiger partial charge in [-0.2, -0.15) is 0 Å². The number of carbonyl (C=O) groups excluding carboxylic acids is 1. The zero-order valence-corrected chi connectivity index (χ0v) is 11.7. The molecule has 0 fully saturated rings. The van der Waals surface area contributed by atoms with Crippen molar-refractivity contribution < 1.29 is 14.7 Å². The van der Waals surface area contributed by atoms with Crippen molar-refractivity contribution in [2.24, 2.45) is 5.92 Å². The van der Waals surface area contributed by atoms with Crippen molar-refractivity contribution in [1.29, 1.82) is 0 Å². The molecule has 1 aromatic heterocycles. The van der Waals surface area contributed by atoms with E-state index in [1.807, 2.05) is 6.92 Å². The van der Waals surface area contributed by atoms with E-state index in [-0.39, 0.29) is 18.0 Å². The van der Waals surface area contributed by atoms with Crippen LogP contribution in [-0.4, -0.2) is 40.8 Å². The van der Waals surface area contributed by atoms with Crippen molar-refractivity contribution in [2.75, 3.05) is 18.9 Å². The van der Waals surface area contributed by atoms with E-state index in [4.69, 9.17) is 5.11 Å². The monoisotopic (exact) mass is 280 g/mol. The summed E-state index contributed by atoms with van der Waals surface area (Å²) in [5, 5.41) is 21.9. The summed E-state index contributed by atoms with van der Waals surface area (Å²) in [4.78, 5) is 21.7. The molecule has 1 atom stereocenters. The van der Waals surface area contributed by atoms with Gasteiger partial charge >= 0.3 is 5.97 Å². The molecule has 110 valence electrons. The molecular weight excluding hydrogens is 260 g/mol. The Labute approximate surface area is 117 Å². The van der Waals surface area contributed by atoms with Crippen LogP contribution in [0, 0.1) is 5.92 Å². The number of nitrogens with one attached hydrogen (secondary N) is 2. The number of carbonyl (C=O) groups is 2. The van der Waals surface area contributed by atoms with E-state index in [1.165, 1.54) is 7.05 Å². The second kappa shape index (κ2) is 8.08. The van der Waals surface area contributed by atoms with Gasteiger partial charge in [0.25, 0.3) is 5.91 Å². The number of aliphatic carboxylic acids is 1. The van der Waals surface area contributed by atoms with Crippen LogP contribution >= 0.6 is 0 Å². The molecule has 7 heteroatoms. The van der Waals surface area contributed by atoms with Gasteiger partial charge in [0, 0.05) is 20.0 Å². The number of amides is 1. The van der Waals surface area contributed by atoms with E-state index in [2.05, 4.69) is 20.8 Å². The second-order valence-electron chi connectivity index (χ2n) is 4.64. The molecule has 0 spiro atoms. The summed E-state index contributed by atoms with van der Waals surface area (Å²) in [6.45, 7) is 2.71. The van der Waals surface area contributed by atoms with Crippen LogP contribution in [0.15, 0.2) is 12.1 Å². The van der Waals surface area contributed by atoms with E-state index in [0.717, 1.165) is 6.42 Å². The Kier molecular flexibility index (Phi) is 6.42. The summed E-state index contributed by atoms with van der Waals surface area (Å²) in [6.07, 6.45) is 1.71. The van der Waals surface area contributed by atoms with Crippen LogP contribution in [0.25, 0.3) is 0 Å². The van der Waals surface area contributed by atoms with Crippen molar-refractivity contribution >= 4 is 17.7 Å². The van der Waals surface area contributed by atoms with Crippen molar-refractivity contribution in [3.8, 4) is 0 Å². The van der Waals surface area contributed by atoms with Gasteiger partial charge < -0.3 is 15.7 Å². The summed E-state index contributed by atoms with van der Waals surface area (Å²) in [5.41, 5.74) is 0.271. The highest BCUT2D eigenvalue weighted by Gasteiger charge is 2.07. The number of rotatable bonds is 8. The van der Waals surface area contributed by atoms with Gasteiger partial charge in [0.05, 0.1) is 0 Å². The quantitative estimate of drug-likeness (QED) is 0.659. The maximum Gasteiger partial charge on any atom is 0.303 e. The highest BCUT2D eigenvalue weighted by Crippen LogP contribution is 2.11. The molecule has 0 aliphatic carbocycles. The predicted octanol–water partition coefficient (Wildman–Crippen LogP) is 1.14. The van der Waals surface area contributed by atoms with Gasteiger partial charge in [0.2, 0.25) is 0 Å².